The summed E-state index contributed by atoms with van der Waals surface area (Å²) in [4.78, 5) is 0. The first kappa shape index (κ1) is 17.8. The molecular formula is C16H27NO4. The van der Waals surface area contributed by atoms with Gasteiger partial charge in [-0.15, -0.1) is 0 Å². The van der Waals surface area contributed by atoms with Crippen LogP contribution in [0.4, 0.5) is 0 Å². The van der Waals surface area contributed by atoms with Crippen LogP contribution in [-0.2, 0) is 9.47 Å². The molecule has 1 aromatic carbocycles. The SMILES string of the molecule is CCOc1cccc(OCCOCCNCCCOC)c1. The van der Waals surface area contributed by atoms with Crippen LogP contribution in [-0.4, -0.2) is 53.2 Å². The lowest BCUT2D eigenvalue weighted by Gasteiger charge is -2.09. The van der Waals surface area contributed by atoms with Crippen LogP contribution in [0, 0.1) is 0 Å². The fourth-order valence-electron chi connectivity index (χ4n) is 1.75. The van der Waals surface area contributed by atoms with Gasteiger partial charge in [0, 0.05) is 26.3 Å². The van der Waals surface area contributed by atoms with Crippen LogP contribution < -0.4 is 14.8 Å². The van der Waals surface area contributed by atoms with Gasteiger partial charge in [0.15, 0.2) is 0 Å². The number of hydrogen-bond acceptors (Lipinski definition) is 5. The molecule has 0 fully saturated rings. The maximum absolute atomic E-state index is 5.61. The van der Waals surface area contributed by atoms with Crippen molar-refractivity contribution in [2.75, 3.05) is 53.2 Å². The number of methoxy groups -OCH3 is 1. The third kappa shape index (κ3) is 9.28. The minimum Gasteiger partial charge on any atom is -0.494 e. The van der Waals surface area contributed by atoms with Crippen molar-refractivity contribution in [1.82, 2.24) is 5.32 Å². The molecule has 0 radical (unpaired) electrons. The molecule has 0 bridgehead atoms. The molecule has 0 saturated heterocycles. The van der Waals surface area contributed by atoms with Crippen LogP contribution in [0.5, 0.6) is 11.5 Å². The van der Waals surface area contributed by atoms with Gasteiger partial charge in [-0.3, -0.25) is 0 Å². The number of hydrogen-bond donors (Lipinski definition) is 1. The molecule has 1 aromatic rings. The monoisotopic (exact) mass is 297 g/mol. The molecular weight excluding hydrogens is 270 g/mol. The summed E-state index contributed by atoms with van der Waals surface area (Å²) in [5, 5.41) is 3.29. The van der Waals surface area contributed by atoms with E-state index < -0.39 is 0 Å². The fraction of sp³-hybridized carbons (Fsp3) is 0.625. The summed E-state index contributed by atoms with van der Waals surface area (Å²) in [5.74, 6) is 1.64. The minimum absolute atomic E-state index is 0.541. The van der Waals surface area contributed by atoms with E-state index in [0.29, 0.717) is 26.4 Å². The van der Waals surface area contributed by atoms with E-state index in [4.69, 9.17) is 18.9 Å². The van der Waals surface area contributed by atoms with Crippen LogP contribution in [0.2, 0.25) is 0 Å². The molecule has 0 aliphatic heterocycles. The molecule has 120 valence electrons. The Bertz CT molecular complexity index is 360. The van der Waals surface area contributed by atoms with Crippen LogP contribution in [0.25, 0.3) is 0 Å². The van der Waals surface area contributed by atoms with Crippen molar-refractivity contribution in [2.24, 2.45) is 0 Å². The van der Waals surface area contributed by atoms with Gasteiger partial charge in [-0.05, 0) is 32.0 Å². The predicted molar refractivity (Wildman–Crippen MR) is 83.3 cm³/mol. The average molecular weight is 297 g/mol. The highest BCUT2D eigenvalue weighted by atomic mass is 16.5. The standard InChI is InChI=1S/C16H27NO4/c1-3-20-15-6-4-7-16(14-15)21-13-12-19-11-9-17-8-5-10-18-2/h4,6-7,14,17H,3,5,8-13H2,1-2H3. The maximum atomic E-state index is 5.61. The molecule has 0 atom stereocenters. The highest BCUT2D eigenvalue weighted by Gasteiger charge is 1.97. The van der Waals surface area contributed by atoms with Crippen molar-refractivity contribution in [2.45, 2.75) is 13.3 Å². The lowest BCUT2D eigenvalue weighted by Crippen LogP contribution is -2.22. The normalized spacial score (nSPS) is 10.6. The first-order chi connectivity index (χ1) is 10.4. The molecule has 5 nitrogen and oxygen atoms in total. The number of rotatable bonds is 13. The lowest BCUT2D eigenvalue weighted by atomic mass is 10.3. The van der Waals surface area contributed by atoms with Gasteiger partial charge in [0.1, 0.15) is 18.1 Å². The quantitative estimate of drug-likeness (QED) is 0.565. The molecule has 0 aliphatic carbocycles. The van der Waals surface area contributed by atoms with E-state index in [1.807, 2.05) is 31.2 Å². The van der Waals surface area contributed by atoms with Gasteiger partial charge in [-0.1, -0.05) is 6.07 Å². The second-order valence-corrected chi connectivity index (χ2v) is 4.47. The summed E-state index contributed by atoms with van der Waals surface area (Å²) in [6.45, 7) is 7.03. The summed E-state index contributed by atoms with van der Waals surface area (Å²) in [7, 11) is 1.72. The summed E-state index contributed by atoms with van der Waals surface area (Å²) in [6, 6.07) is 7.65. The largest absolute Gasteiger partial charge is 0.494 e. The van der Waals surface area contributed by atoms with Crippen molar-refractivity contribution >= 4 is 0 Å². The zero-order valence-corrected chi connectivity index (χ0v) is 13.1. The van der Waals surface area contributed by atoms with E-state index in [2.05, 4.69) is 5.32 Å². The van der Waals surface area contributed by atoms with Crippen molar-refractivity contribution in [3.63, 3.8) is 0 Å². The lowest BCUT2D eigenvalue weighted by molar-refractivity contribution is 0.101. The summed E-state index contributed by atoms with van der Waals surface area (Å²) in [6.07, 6.45) is 1.02. The Hall–Kier alpha value is -1.30. The van der Waals surface area contributed by atoms with E-state index in [1.54, 1.807) is 7.11 Å². The van der Waals surface area contributed by atoms with E-state index >= 15 is 0 Å². The molecule has 1 N–H and O–H groups in total. The number of nitrogens with one attached hydrogen (secondary N) is 1. The topological polar surface area (TPSA) is 49.0 Å². The van der Waals surface area contributed by atoms with Crippen molar-refractivity contribution < 1.29 is 18.9 Å². The van der Waals surface area contributed by atoms with Gasteiger partial charge in [0.25, 0.3) is 0 Å². The highest BCUT2D eigenvalue weighted by molar-refractivity contribution is 5.32. The average Bonchev–Trinajstić information content (AvgIpc) is 2.50. The first-order valence-corrected chi connectivity index (χ1v) is 7.50. The molecule has 1 rings (SSSR count). The third-order valence-corrected chi connectivity index (χ3v) is 2.74. The van der Waals surface area contributed by atoms with Gasteiger partial charge >= 0.3 is 0 Å². The number of benzene rings is 1. The van der Waals surface area contributed by atoms with Crippen molar-refractivity contribution in [1.29, 1.82) is 0 Å². The zero-order valence-electron chi connectivity index (χ0n) is 13.1. The van der Waals surface area contributed by atoms with Gasteiger partial charge in [-0.25, -0.2) is 0 Å². The van der Waals surface area contributed by atoms with E-state index in [1.165, 1.54) is 0 Å². The second-order valence-electron chi connectivity index (χ2n) is 4.47. The Kier molecular flexibility index (Phi) is 10.5. The van der Waals surface area contributed by atoms with Gasteiger partial charge < -0.3 is 24.3 Å². The maximum Gasteiger partial charge on any atom is 0.123 e. The van der Waals surface area contributed by atoms with Crippen LogP contribution in [0.1, 0.15) is 13.3 Å². The summed E-state index contributed by atoms with van der Waals surface area (Å²) >= 11 is 0. The smallest absolute Gasteiger partial charge is 0.123 e. The number of ether oxygens (including phenoxy) is 4. The fourth-order valence-corrected chi connectivity index (χ4v) is 1.75. The van der Waals surface area contributed by atoms with E-state index in [-0.39, 0.29) is 0 Å². The van der Waals surface area contributed by atoms with Gasteiger partial charge in [-0.2, -0.15) is 0 Å². The highest BCUT2D eigenvalue weighted by Crippen LogP contribution is 2.19. The summed E-state index contributed by atoms with van der Waals surface area (Å²) < 4.78 is 21.5. The minimum atomic E-state index is 0.541. The Labute approximate surface area is 127 Å². The first-order valence-electron chi connectivity index (χ1n) is 7.50. The van der Waals surface area contributed by atoms with E-state index in [9.17, 15) is 0 Å². The van der Waals surface area contributed by atoms with Gasteiger partial charge in [0.05, 0.1) is 19.8 Å². The third-order valence-electron chi connectivity index (χ3n) is 2.74. The van der Waals surface area contributed by atoms with E-state index in [0.717, 1.165) is 37.6 Å². The molecule has 0 spiro atoms. The van der Waals surface area contributed by atoms with Gasteiger partial charge in [0.2, 0.25) is 0 Å². The molecule has 0 amide bonds. The Morgan fingerprint density at radius 2 is 1.76 bits per heavy atom. The van der Waals surface area contributed by atoms with Crippen molar-refractivity contribution in [3.05, 3.63) is 24.3 Å². The molecule has 5 heteroatoms. The second kappa shape index (κ2) is 12.4. The molecule has 0 saturated carbocycles. The Morgan fingerprint density at radius 1 is 0.952 bits per heavy atom. The molecule has 21 heavy (non-hydrogen) atoms. The van der Waals surface area contributed by atoms with Crippen LogP contribution in [0.15, 0.2) is 24.3 Å². The Morgan fingerprint density at radius 3 is 2.52 bits per heavy atom. The zero-order chi connectivity index (χ0) is 15.2. The molecule has 0 aromatic heterocycles. The molecule has 0 aliphatic rings. The molecule has 0 heterocycles. The summed E-state index contributed by atoms with van der Waals surface area (Å²) in [5.41, 5.74) is 0. The predicted octanol–water partition coefficient (Wildman–Crippen LogP) is 2.11. The van der Waals surface area contributed by atoms with Crippen molar-refractivity contribution in [3.8, 4) is 11.5 Å². The Balaban J connectivity index is 1.97. The van der Waals surface area contributed by atoms with Crippen LogP contribution in [0.3, 0.4) is 0 Å². The van der Waals surface area contributed by atoms with Crippen LogP contribution >= 0.6 is 0 Å². The molecule has 0 unspecified atom stereocenters.